The van der Waals surface area contributed by atoms with Crippen molar-refractivity contribution in [2.24, 2.45) is 5.73 Å². The van der Waals surface area contributed by atoms with E-state index in [4.69, 9.17) is 40.5 Å². The van der Waals surface area contributed by atoms with Crippen LogP contribution in [0.4, 0.5) is 4.39 Å². The fraction of sp³-hybridized carbons (Fsp3) is 0.143. The van der Waals surface area contributed by atoms with Gasteiger partial charge in [0.25, 0.3) is 0 Å². The summed E-state index contributed by atoms with van der Waals surface area (Å²) in [5.74, 6) is -0.491. The first-order chi connectivity index (χ1) is 9.00. The van der Waals surface area contributed by atoms with E-state index in [2.05, 4.69) is 0 Å². The highest BCUT2D eigenvalue weighted by atomic mass is 35.5. The number of hydrogen-bond donors (Lipinski definition) is 1. The van der Waals surface area contributed by atoms with Crippen LogP contribution >= 0.6 is 34.8 Å². The standard InChI is InChI=1S/C14H11Cl3FN/c15-10-5-1-3-8(13(10)17)7-12(19)9-4-2-6-11(16)14(9)18/h1-6,12H,7,19H2. The molecule has 2 rings (SSSR count). The molecular weight excluding hydrogens is 308 g/mol. The maximum Gasteiger partial charge on any atom is 0.146 e. The monoisotopic (exact) mass is 317 g/mol. The second-order valence-electron chi connectivity index (χ2n) is 4.17. The number of halogens is 4. The van der Waals surface area contributed by atoms with Gasteiger partial charge in [-0.3, -0.25) is 0 Å². The highest BCUT2D eigenvalue weighted by Crippen LogP contribution is 2.30. The lowest BCUT2D eigenvalue weighted by molar-refractivity contribution is 0.581. The van der Waals surface area contributed by atoms with Crippen LogP contribution in [0.2, 0.25) is 15.1 Å². The number of benzene rings is 2. The van der Waals surface area contributed by atoms with E-state index in [-0.39, 0.29) is 5.02 Å². The van der Waals surface area contributed by atoms with Crippen LogP contribution in [0.15, 0.2) is 36.4 Å². The molecule has 0 aliphatic heterocycles. The minimum Gasteiger partial charge on any atom is -0.324 e. The molecular formula is C14H11Cl3FN. The maximum atomic E-state index is 13.9. The summed E-state index contributed by atoms with van der Waals surface area (Å²) in [4.78, 5) is 0. The van der Waals surface area contributed by atoms with Gasteiger partial charge in [0, 0.05) is 11.6 Å². The van der Waals surface area contributed by atoms with E-state index in [1.807, 2.05) is 6.07 Å². The van der Waals surface area contributed by atoms with E-state index in [1.165, 1.54) is 6.07 Å². The lowest BCUT2D eigenvalue weighted by atomic mass is 9.99. The van der Waals surface area contributed by atoms with Crippen molar-refractivity contribution in [2.75, 3.05) is 0 Å². The van der Waals surface area contributed by atoms with Crippen molar-refractivity contribution in [3.63, 3.8) is 0 Å². The van der Waals surface area contributed by atoms with E-state index < -0.39 is 11.9 Å². The van der Waals surface area contributed by atoms with Crippen molar-refractivity contribution in [3.8, 4) is 0 Å². The van der Waals surface area contributed by atoms with Crippen LogP contribution in [0.1, 0.15) is 17.2 Å². The van der Waals surface area contributed by atoms with Crippen molar-refractivity contribution in [1.82, 2.24) is 0 Å². The normalized spacial score (nSPS) is 12.5. The summed E-state index contributed by atoms with van der Waals surface area (Å²) in [6.07, 6.45) is 0.386. The summed E-state index contributed by atoms with van der Waals surface area (Å²) < 4.78 is 13.9. The Morgan fingerprint density at radius 1 is 1.00 bits per heavy atom. The van der Waals surface area contributed by atoms with Gasteiger partial charge in [-0.15, -0.1) is 0 Å². The molecule has 19 heavy (non-hydrogen) atoms. The molecule has 0 saturated heterocycles. The molecule has 1 atom stereocenters. The van der Waals surface area contributed by atoms with Gasteiger partial charge in [-0.1, -0.05) is 59.1 Å². The number of rotatable bonds is 3. The quantitative estimate of drug-likeness (QED) is 0.844. The Kier molecular flexibility index (Phi) is 4.69. The van der Waals surface area contributed by atoms with Gasteiger partial charge in [-0.05, 0) is 24.1 Å². The molecule has 0 aliphatic carbocycles. The van der Waals surface area contributed by atoms with Crippen LogP contribution in [0.25, 0.3) is 0 Å². The zero-order valence-corrected chi connectivity index (χ0v) is 12.1. The van der Waals surface area contributed by atoms with E-state index >= 15 is 0 Å². The molecule has 1 unspecified atom stereocenters. The molecule has 100 valence electrons. The first-order valence-electron chi connectivity index (χ1n) is 5.63. The molecule has 2 aromatic rings. The largest absolute Gasteiger partial charge is 0.324 e. The molecule has 0 spiro atoms. The second-order valence-corrected chi connectivity index (χ2v) is 5.36. The summed E-state index contributed by atoms with van der Waals surface area (Å²) in [5, 5.41) is 0.963. The predicted octanol–water partition coefficient (Wildman–Crippen LogP) is 5.03. The van der Waals surface area contributed by atoms with Crippen molar-refractivity contribution in [2.45, 2.75) is 12.5 Å². The fourth-order valence-electron chi connectivity index (χ4n) is 1.86. The zero-order chi connectivity index (χ0) is 14.0. The maximum absolute atomic E-state index is 13.9. The average Bonchev–Trinajstić information content (AvgIpc) is 2.38. The van der Waals surface area contributed by atoms with E-state index in [0.717, 1.165) is 5.56 Å². The Bertz CT molecular complexity index is 601. The molecule has 0 aromatic heterocycles. The van der Waals surface area contributed by atoms with Crippen LogP contribution < -0.4 is 5.73 Å². The lowest BCUT2D eigenvalue weighted by Crippen LogP contribution is -2.15. The molecule has 0 fully saturated rings. The van der Waals surface area contributed by atoms with Gasteiger partial charge < -0.3 is 5.73 Å². The van der Waals surface area contributed by atoms with Crippen molar-refractivity contribution in [3.05, 3.63) is 68.4 Å². The topological polar surface area (TPSA) is 26.0 Å². The molecule has 0 amide bonds. The first kappa shape index (κ1) is 14.6. The van der Waals surface area contributed by atoms with E-state index in [0.29, 0.717) is 22.0 Å². The molecule has 0 saturated carbocycles. The predicted molar refractivity (Wildman–Crippen MR) is 78.5 cm³/mol. The summed E-state index contributed by atoms with van der Waals surface area (Å²) >= 11 is 17.8. The average molecular weight is 319 g/mol. The van der Waals surface area contributed by atoms with E-state index in [9.17, 15) is 4.39 Å². The summed E-state index contributed by atoms with van der Waals surface area (Å²) in [6, 6.07) is 9.53. The first-order valence-corrected chi connectivity index (χ1v) is 6.76. The van der Waals surface area contributed by atoms with Crippen molar-refractivity contribution in [1.29, 1.82) is 0 Å². The SMILES string of the molecule is NC(Cc1cccc(Cl)c1Cl)c1cccc(Cl)c1F. The minimum absolute atomic E-state index is 0.0603. The van der Waals surface area contributed by atoms with Crippen LogP contribution in [0, 0.1) is 5.82 Å². The molecule has 1 nitrogen and oxygen atoms in total. The second kappa shape index (κ2) is 6.10. The van der Waals surface area contributed by atoms with Crippen molar-refractivity contribution >= 4 is 34.8 Å². The third-order valence-electron chi connectivity index (χ3n) is 2.85. The highest BCUT2D eigenvalue weighted by Gasteiger charge is 2.16. The summed E-state index contributed by atoms with van der Waals surface area (Å²) in [6.45, 7) is 0. The van der Waals surface area contributed by atoms with Gasteiger partial charge in [0.05, 0.1) is 15.1 Å². The molecule has 2 N–H and O–H groups in total. The molecule has 0 aliphatic rings. The Morgan fingerprint density at radius 3 is 2.37 bits per heavy atom. The van der Waals surface area contributed by atoms with Gasteiger partial charge in [-0.25, -0.2) is 4.39 Å². The highest BCUT2D eigenvalue weighted by molar-refractivity contribution is 6.42. The molecule has 0 heterocycles. The van der Waals surface area contributed by atoms with E-state index in [1.54, 1.807) is 24.3 Å². The Hall–Kier alpha value is -0.800. The lowest BCUT2D eigenvalue weighted by Gasteiger charge is -2.15. The minimum atomic E-state index is -0.533. The summed E-state index contributed by atoms with van der Waals surface area (Å²) in [7, 11) is 0. The third-order valence-corrected chi connectivity index (χ3v) is 4.00. The smallest absolute Gasteiger partial charge is 0.146 e. The van der Waals surface area contributed by atoms with Crippen LogP contribution in [0.5, 0.6) is 0 Å². The van der Waals surface area contributed by atoms with Gasteiger partial charge in [0.1, 0.15) is 5.82 Å². The van der Waals surface area contributed by atoms with Gasteiger partial charge in [0.15, 0.2) is 0 Å². The fourth-order valence-corrected chi connectivity index (χ4v) is 2.44. The van der Waals surface area contributed by atoms with Gasteiger partial charge in [0.2, 0.25) is 0 Å². The Morgan fingerprint density at radius 2 is 1.63 bits per heavy atom. The van der Waals surface area contributed by atoms with Crippen LogP contribution in [-0.2, 0) is 6.42 Å². The van der Waals surface area contributed by atoms with Gasteiger partial charge in [-0.2, -0.15) is 0 Å². The molecule has 0 bridgehead atoms. The molecule has 5 heteroatoms. The summed E-state index contributed by atoms with van der Waals surface area (Å²) in [5.41, 5.74) is 7.16. The molecule has 2 aromatic carbocycles. The van der Waals surface area contributed by atoms with Crippen LogP contribution in [-0.4, -0.2) is 0 Å². The van der Waals surface area contributed by atoms with Gasteiger partial charge >= 0.3 is 0 Å². The molecule has 0 radical (unpaired) electrons. The van der Waals surface area contributed by atoms with Crippen molar-refractivity contribution < 1.29 is 4.39 Å². The zero-order valence-electron chi connectivity index (χ0n) is 9.84. The number of nitrogens with two attached hydrogens (primary N) is 1. The Balaban J connectivity index is 2.28. The Labute approximate surface area is 126 Å². The van der Waals surface area contributed by atoms with Crippen LogP contribution in [0.3, 0.4) is 0 Å². The third kappa shape index (κ3) is 3.21. The number of hydrogen-bond acceptors (Lipinski definition) is 1.